The van der Waals surface area contributed by atoms with Crippen LogP contribution < -0.4 is 10.6 Å². The van der Waals surface area contributed by atoms with E-state index in [1.807, 2.05) is 13.0 Å². The van der Waals surface area contributed by atoms with Crippen LogP contribution in [0.2, 0.25) is 0 Å². The normalized spacial score (nSPS) is 22.5. The summed E-state index contributed by atoms with van der Waals surface area (Å²) in [6, 6.07) is 2.29. The molecule has 0 spiro atoms. The summed E-state index contributed by atoms with van der Waals surface area (Å²) in [5, 5.41) is 16.1. The summed E-state index contributed by atoms with van der Waals surface area (Å²) >= 11 is 0. The lowest BCUT2D eigenvalue weighted by atomic mass is 10.1. The molecule has 2 rings (SSSR count). The molecule has 0 amide bonds. The fourth-order valence-electron chi connectivity index (χ4n) is 2.62. The van der Waals surface area contributed by atoms with E-state index < -0.39 is 0 Å². The Morgan fingerprint density at radius 2 is 2.11 bits per heavy atom. The molecule has 1 aliphatic rings. The van der Waals surface area contributed by atoms with Gasteiger partial charge in [0.05, 0.1) is 0 Å². The lowest BCUT2D eigenvalue weighted by molar-refractivity contribution is 0.222. The molecule has 2 atom stereocenters. The second-order valence-corrected chi connectivity index (χ2v) is 5.24. The summed E-state index contributed by atoms with van der Waals surface area (Å²) in [5.74, 6) is 2.84. The van der Waals surface area contributed by atoms with Crippen molar-refractivity contribution in [2.24, 2.45) is 5.92 Å². The van der Waals surface area contributed by atoms with Gasteiger partial charge in [-0.25, -0.2) is 9.97 Å². The molecule has 0 aromatic carbocycles. The lowest BCUT2D eigenvalue weighted by Gasteiger charge is -2.20. The third-order valence-electron chi connectivity index (χ3n) is 3.62. The Balaban J connectivity index is 2.04. The molecular formula is C14H24N4O. The van der Waals surface area contributed by atoms with E-state index in [1.54, 1.807) is 0 Å². The highest BCUT2D eigenvalue weighted by molar-refractivity contribution is 5.48. The first kappa shape index (κ1) is 14.1. The third-order valence-corrected chi connectivity index (χ3v) is 3.62. The van der Waals surface area contributed by atoms with E-state index in [4.69, 9.17) is 0 Å². The molecule has 1 aromatic rings. The first-order valence-corrected chi connectivity index (χ1v) is 7.20. The molecule has 106 valence electrons. The van der Waals surface area contributed by atoms with E-state index in [0.717, 1.165) is 43.3 Å². The van der Waals surface area contributed by atoms with Crippen molar-refractivity contribution < 1.29 is 5.11 Å². The average molecular weight is 264 g/mol. The van der Waals surface area contributed by atoms with Gasteiger partial charge >= 0.3 is 0 Å². The molecule has 1 fully saturated rings. The smallest absolute Gasteiger partial charge is 0.132 e. The summed E-state index contributed by atoms with van der Waals surface area (Å²) in [7, 11) is 0. The monoisotopic (exact) mass is 264 g/mol. The zero-order chi connectivity index (χ0) is 13.7. The number of hydrogen-bond acceptors (Lipinski definition) is 5. The van der Waals surface area contributed by atoms with E-state index in [-0.39, 0.29) is 6.61 Å². The van der Waals surface area contributed by atoms with Crippen LogP contribution in [0.25, 0.3) is 0 Å². The van der Waals surface area contributed by atoms with Crippen molar-refractivity contribution in [3.63, 3.8) is 0 Å². The number of aliphatic hydroxyl groups excluding tert-OH is 1. The fraction of sp³-hybridized carbons (Fsp3) is 0.714. The van der Waals surface area contributed by atoms with E-state index in [9.17, 15) is 5.11 Å². The highest BCUT2D eigenvalue weighted by Crippen LogP contribution is 2.28. The summed E-state index contributed by atoms with van der Waals surface area (Å²) in [4.78, 5) is 8.80. The Hall–Kier alpha value is -1.36. The molecule has 5 nitrogen and oxygen atoms in total. The Morgan fingerprint density at radius 3 is 2.84 bits per heavy atom. The third kappa shape index (κ3) is 3.80. The largest absolute Gasteiger partial charge is 0.396 e. The van der Waals surface area contributed by atoms with Crippen LogP contribution in [0.15, 0.2) is 6.07 Å². The van der Waals surface area contributed by atoms with Crippen LogP contribution in [0.5, 0.6) is 0 Å². The number of hydrogen-bond donors (Lipinski definition) is 3. The molecule has 1 aliphatic carbocycles. The van der Waals surface area contributed by atoms with Gasteiger partial charge in [-0.3, -0.25) is 0 Å². The molecule has 0 bridgehead atoms. The molecule has 0 saturated heterocycles. The van der Waals surface area contributed by atoms with Gasteiger partial charge in [0.25, 0.3) is 0 Å². The highest BCUT2D eigenvalue weighted by atomic mass is 16.3. The van der Waals surface area contributed by atoms with Crippen molar-refractivity contribution in [2.75, 3.05) is 23.8 Å². The SMILES string of the molecule is CCCNc1cc(NC2CCCC2CO)nc(C)n1. The topological polar surface area (TPSA) is 70.1 Å². The summed E-state index contributed by atoms with van der Waals surface area (Å²) in [6.45, 7) is 5.20. The van der Waals surface area contributed by atoms with Crippen molar-refractivity contribution in [3.05, 3.63) is 11.9 Å². The zero-order valence-corrected chi connectivity index (χ0v) is 11.8. The van der Waals surface area contributed by atoms with Gasteiger partial charge in [0.2, 0.25) is 0 Å². The minimum Gasteiger partial charge on any atom is -0.396 e. The van der Waals surface area contributed by atoms with Gasteiger partial charge in [0, 0.05) is 31.2 Å². The van der Waals surface area contributed by atoms with Gasteiger partial charge < -0.3 is 15.7 Å². The van der Waals surface area contributed by atoms with E-state index in [1.165, 1.54) is 6.42 Å². The molecule has 1 aromatic heterocycles. The number of nitrogens with one attached hydrogen (secondary N) is 2. The van der Waals surface area contributed by atoms with Crippen molar-refractivity contribution in [1.82, 2.24) is 9.97 Å². The number of anilines is 2. The highest BCUT2D eigenvalue weighted by Gasteiger charge is 2.26. The zero-order valence-electron chi connectivity index (χ0n) is 11.8. The van der Waals surface area contributed by atoms with Gasteiger partial charge in [0.15, 0.2) is 0 Å². The number of rotatable bonds is 6. The standard InChI is InChI=1S/C14H24N4O/c1-3-7-15-13-8-14(17-10(2)16-13)18-12-6-4-5-11(12)9-19/h8,11-12,19H,3-7,9H2,1-2H3,(H2,15,16,17,18). The van der Waals surface area contributed by atoms with Gasteiger partial charge in [-0.05, 0) is 26.2 Å². The van der Waals surface area contributed by atoms with Crippen LogP contribution in [0, 0.1) is 12.8 Å². The van der Waals surface area contributed by atoms with Crippen LogP contribution in [0.1, 0.15) is 38.4 Å². The minimum absolute atomic E-state index is 0.253. The minimum atomic E-state index is 0.253. The molecule has 0 aliphatic heterocycles. The lowest BCUT2D eigenvalue weighted by Crippen LogP contribution is -2.27. The quantitative estimate of drug-likeness (QED) is 0.734. The molecule has 19 heavy (non-hydrogen) atoms. The average Bonchev–Trinajstić information content (AvgIpc) is 2.83. The van der Waals surface area contributed by atoms with Gasteiger partial charge in [-0.2, -0.15) is 0 Å². The number of aromatic nitrogens is 2. The van der Waals surface area contributed by atoms with Crippen LogP contribution in [0.4, 0.5) is 11.6 Å². The maximum absolute atomic E-state index is 9.35. The Labute approximate surface area is 114 Å². The van der Waals surface area contributed by atoms with Gasteiger partial charge in [-0.15, -0.1) is 0 Å². The first-order valence-electron chi connectivity index (χ1n) is 7.20. The second kappa shape index (κ2) is 6.70. The van der Waals surface area contributed by atoms with Crippen LogP contribution in [0.3, 0.4) is 0 Å². The molecule has 3 N–H and O–H groups in total. The van der Waals surface area contributed by atoms with Crippen molar-refractivity contribution >= 4 is 11.6 Å². The molecule has 5 heteroatoms. The van der Waals surface area contributed by atoms with E-state index in [2.05, 4.69) is 27.5 Å². The Kier molecular flexibility index (Phi) is 4.96. The maximum atomic E-state index is 9.35. The molecule has 1 saturated carbocycles. The number of aliphatic hydroxyl groups is 1. The van der Waals surface area contributed by atoms with Crippen LogP contribution in [-0.2, 0) is 0 Å². The Bertz CT molecular complexity index is 410. The van der Waals surface area contributed by atoms with Gasteiger partial charge in [0.1, 0.15) is 17.5 Å². The molecular weight excluding hydrogens is 240 g/mol. The van der Waals surface area contributed by atoms with Crippen LogP contribution >= 0.6 is 0 Å². The summed E-state index contributed by atoms with van der Waals surface area (Å²) in [5.41, 5.74) is 0. The fourth-order valence-corrected chi connectivity index (χ4v) is 2.62. The van der Waals surface area contributed by atoms with Crippen molar-refractivity contribution in [3.8, 4) is 0 Å². The van der Waals surface area contributed by atoms with Gasteiger partial charge in [-0.1, -0.05) is 13.3 Å². The van der Waals surface area contributed by atoms with Crippen molar-refractivity contribution in [2.45, 2.75) is 45.6 Å². The molecule has 2 unspecified atom stereocenters. The maximum Gasteiger partial charge on any atom is 0.132 e. The van der Waals surface area contributed by atoms with Crippen molar-refractivity contribution in [1.29, 1.82) is 0 Å². The first-order chi connectivity index (χ1) is 9.22. The predicted molar refractivity (Wildman–Crippen MR) is 77.4 cm³/mol. The molecule has 0 radical (unpaired) electrons. The Morgan fingerprint density at radius 1 is 1.32 bits per heavy atom. The number of nitrogens with zero attached hydrogens (tertiary/aromatic N) is 2. The van der Waals surface area contributed by atoms with E-state index in [0.29, 0.717) is 12.0 Å². The van der Waals surface area contributed by atoms with E-state index >= 15 is 0 Å². The molecule has 1 heterocycles. The second-order valence-electron chi connectivity index (χ2n) is 5.24. The summed E-state index contributed by atoms with van der Waals surface area (Å²) < 4.78 is 0. The summed E-state index contributed by atoms with van der Waals surface area (Å²) in [6.07, 6.45) is 4.44. The van der Waals surface area contributed by atoms with Crippen LogP contribution in [-0.4, -0.2) is 34.3 Å². The number of aryl methyl sites for hydroxylation is 1. The predicted octanol–water partition coefficient (Wildman–Crippen LogP) is 2.18.